The topological polar surface area (TPSA) is 228 Å². The minimum atomic E-state index is -1.79. The molecule has 0 saturated carbocycles. The van der Waals surface area contributed by atoms with Gasteiger partial charge in [0.1, 0.15) is 48.8 Å². The zero-order chi connectivity index (χ0) is 54.6. The molecule has 0 aliphatic carbocycles. The van der Waals surface area contributed by atoms with Crippen molar-refractivity contribution in [1.82, 2.24) is 5.32 Å². The van der Waals surface area contributed by atoms with E-state index >= 15 is 0 Å². The number of carbonyl (C=O) groups is 1. The Bertz CT molecular complexity index is 1440. The third-order valence-electron chi connectivity index (χ3n) is 14.7. The van der Waals surface area contributed by atoms with Gasteiger partial charge in [0, 0.05) is 6.42 Å². The summed E-state index contributed by atoms with van der Waals surface area (Å²) in [6.07, 6.45) is 41.8. The molecule has 2 aliphatic rings. The Hall–Kier alpha value is -2.05. The first kappa shape index (κ1) is 69.1. The number of aliphatic hydroxyl groups excluding tert-OH is 8. The molecule has 438 valence electrons. The Kier molecular flexibility index (Phi) is 43.1. The summed E-state index contributed by atoms with van der Waals surface area (Å²) >= 11 is 0. The van der Waals surface area contributed by atoms with Gasteiger partial charge in [-0.15, -0.1) is 0 Å². The number of nitrogens with one attached hydrogen (secondary N) is 1. The SMILES string of the molecule is CCCCC/C=C\CCCCCCCC(=O)NC(COC1OC(CO)C(OC2OC(CO)C(O)C(O)C2O)C(O)C1O)C(O)/C=C/CC/C=C/CC/C=C/CCCCCCCCCCCCCCCCCCCCC. The van der Waals surface area contributed by atoms with Crippen LogP contribution in [0.3, 0.4) is 0 Å². The number of unbranched alkanes of at least 4 members (excludes halogenated alkanes) is 29. The lowest BCUT2D eigenvalue weighted by molar-refractivity contribution is -0.359. The normalized spacial score (nSPS) is 25.4. The second kappa shape index (κ2) is 46.8. The van der Waals surface area contributed by atoms with Crippen molar-refractivity contribution in [3.8, 4) is 0 Å². The van der Waals surface area contributed by atoms with Crippen LogP contribution in [0.5, 0.6) is 0 Å². The Morgan fingerprint density at radius 2 is 0.853 bits per heavy atom. The number of amides is 1. The third kappa shape index (κ3) is 32.6. The minimum absolute atomic E-state index is 0.259. The zero-order valence-electron chi connectivity index (χ0n) is 47.0. The van der Waals surface area contributed by atoms with E-state index in [0.717, 1.165) is 64.2 Å². The molecule has 0 aromatic rings. The Labute approximate surface area is 454 Å². The van der Waals surface area contributed by atoms with Gasteiger partial charge in [0.25, 0.3) is 0 Å². The van der Waals surface area contributed by atoms with Crippen molar-refractivity contribution in [2.75, 3.05) is 19.8 Å². The number of aliphatic hydroxyl groups is 8. The predicted molar refractivity (Wildman–Crippen MR) is 300 cm³/mol. The van der Waals surface area contributed by atoms with Gasteiger partial charge in [-0.05, 0) is 70.6 Å². The van der Waals surface area contributed by atoms with Crippen LogP contribution in [-0.2, 0) is 23.7 Å². The maximum Gasteiger partial charge on any atom is 0.220 e. The molecule has 0 spiro atoms. The summed E-state index contributed by atoms with van der Waals surface area (Å²) in [6.45, 7) is 2.74. The van der Waals surface area contributed by atoms with Crippen molar-refractivity contribution >= 4 is 5.91 Å². The van der Waals surface area contributed by atoms with E-state index in [2.05, 4.69) is 55.6 Å². The number of ether oxygens (including phenoxy) is 4. The molecule has 0 aromatic carbocycles. The highest BCUT2D eigenvalue weighted by molar-refractivity contribution is 5.76. The highest BCUT2D eigenvalue weighted by Crippen LogP contribution is 2.30. The molecule has 0 aromatic heterocycles. The van der Waals surface area contributed by atoms with Crippen molar-refractivity contribution < 1.29 is 64.6 Å². The molecule has 14 nitrogen and oxygen atoms in total. The van der Waals surface area contributed by atoms with Crippen LogP contribution >= 0.6 is 0 Å². The standard InChI is InChI=1S/C61H111NO13/c1-3-5-7-9-11-13-15-17-18-19-20-21-22-23-24-25-26-27-28-29-30-31-32-33-34-36-38-40-42-44-50(65)49(62-53(66)45-43-41-39-37-35-16-14-12-10-8-6-4-2)48-72-60-58(71)56(69)59(52(47-64)74-60)75-61-57(70)55(68)54(67)51(46-63)73-61/h12,14,30-31,34,36,42,44,49-52,54-61,63-65,67-71H,3-11,13,15-29,32-33,35,37-41,43,45-48H2,1-2H3,(H,62,66)/b14-12-,31-30+,36-34+,44-42+. The van der Waals surface area contributed by atoms with Gasteiger partial charge in [-0.3, -0.25) is 4.79 Å². The van der Waals surface area contributed by atoms with Crippen LogP contribution in [0.15, 0.2) is 48.6 Å². The first-order valence-corrected chi connectivity index (χ1v) is 30.4. The van der Waals surface area contributed by atoms with E-state index in [-0.39, 0.29) is 18.9 Å². The fraction of sp³-hybridized carbons (Fsp3) is 0.852. The predicted octanol–water partition coefficient (Wildman–Crippen LogP) is 10.4. The average Bonchev–Trinajstić information content (AvgIpc) is 3.41. The molecule has 2 saturated heterocycles. The monoisotopic (exact) mass is 1070 g/mol. The molecule has 12 atom stereocenters. The Balaban J connectivity index is 1.73. The fourth-order valence-corrected chi connectivity index (χ4v) is 9.79. The van der Waals surface area contributed by atoms with Gasteiger partial charge in [-0.1, -0.05) is 210 Å². The highest BCUT2D eigenvalue weighted by Gasteiger charge is 2.51. The summed E-state index contributed by atoms with van der Waals surface area (Å²) in [7, 11) is 0. The molecule has 2 heterocycles. The molecule has 14 heteroatoms. The van der Waals surface area contributed by atoms with Gasteiger partial charge >= 0.3 is 0 Å². The van der Waals surface area contributed by atoms with E-state index in [0.29, 0.717) is 12.8 Å². The van der Waals surface area contributed by atoms with Crippen LogP contribution in [-0.4, -0.2) is 140 Å². The van der Waals surface area contributed by atoms with Crippen LogP contribution in [0.4, 0.5) is 0 Å². The molecule has 0 bridgehead atoms. The quantitative estimate of drug-likeness (QED) is 0.0204. The number of carbonyl (C=O) groups excluding carboxylic acids is 1. The summed E-state index contributed by atoms with van der Waals surface area (Å²) in [5.41, 5.74) is 0. The van der Waals surface area contributed by atoms with Crippen molar-refractivity contribution in [2.24, 2.45) is 0 Å². The average molecular weight is 1070 g/mol. The third-order valence-corrected chi connectivity index (χ3v) is 14.7. The summed E-state index contributed by atoms with van der Waals surface area (Å²) in [6, 6.07) is -0.942. The second-order valence-electron chi connectivity index (χ2n) is 21.5. The number of rotatable bonds is 48. The molecule has 2 fully saturated rings. The van der Waals surface area contributed by atoms with Crippen LogP contribution in [0.1, 0.15) is 239 Å². The fourth-order valence-electron chi connectivity index (χ4n) is 9.79. The summed E-state index contributed by atoms with van der Waals surface area (Å²) in [5, 5.41) is 86.9. The van der Waals surface area contributed by atoms with Gasteiger partial charge < -0.3 is 65.1 Å². The molecule has 0 radical (unpaired) electrons. The van der Waals surface area contributed by atoms with Crippen LogP contribution < -0.4 is 5.32 Å². The molecule has 9 N–H and O–H groups in total. The van der Waals surface area contributed by atoms with Crippen molar-refractivity contribution in [3.63, 3.8) is 0 Å². The first-order chi connectivity index (χ1) is 36.6. The van der Waals surface area contributed by atoms with E-state index < -0.39 is 86.8 Å². The first-order valence-electron chi connectivity index (χ1n) is 30.4. The maximum absolute atomic E-state index is 13.2. The van der Waals surface area contributed by atoms with Crippen LogP contribution in [0.2, 0.25) is 0 Å². The molecular weight excluding hydrogens is 955 g/mol. The van der Waals surface area contributed by atoms with Gasteiger partial charge in [-0.2, -0.15) is 0 Å². The summed E-state index contributed by atoms with van der Waals surface area (Å²) in [5.74, 6) is -0.264. The number of allylic oxidation sites excluding steroid dienone is 7. The lowest BCUT2D eigenvalue weighted by Gasteiger charge is -2.46. The van der Waals surface area contributed by atoms with Crippen molar-refractivity contribution in [3.05, 3.63) is 48.6 Å². The molecule has 12 unspecified atom stereocenters. The summed E-state index contributed by atoms with van der Waals surface area (Å²) < 4.78 is 22.7. The molecular formula is C61H111NO13. The molecule has 2 rings (SSSR count). The van der Waals surface area contributed by atoms with Crippen molar-refractivity contribution in [2.45, 2.75) is 312 Å². The Morgan fingerprint density at radius 3 is 1.33 bits per heavy atom. The van der Waals surface area contributed by atoms with E-state index in [1.807, 2.05) is 6.08 Å². The van der Waals surface area contributed by atoms with Crippen LogP contribution in [0.25, 0.3) is 0 Å². The Morgan fingerprint density at radius 1 is 0.467 bits per heavy atom. The van der Waals surface area contributed by atoms with Gasteiger partial charge in [0.15, 0.2) is 12.6 Å². The van der Waals surface area contributed by atoms with E-state index in [1.54, 1.807) is 6.08 Å². The summed E-state index contributed by atoms with van der Waals surface area (Å²) in [4.78, 5) is 13.2. The lowest BCUT2D eigenvalue weighted by atomic mass is 9.97. The van der Waals surface area contributed by atoms with Gasteiger partial charge in [0.05, 0.1) is 32.0 Å². The molecule has 1 amide bonds. The second-order valence-corrected chi connectivity index (χ2v) is 21.5. The van der Waals surface area contributed by atoms with Crippen LogP contribution in [0, 0.1) is 0 Å². The molecule has 2 aliphatic heterocycles. The molecule has 75 heavy (non-hydrogen) atoms. The van der Waals surface area contributed by atoms with E-state index in [1.165, 1.54) is 141 Å². The van der Waals surface area contributed by atoms with E-state index in [4.69, 9.17) is 18.9 Å². The maximum atomic E-state index is 13.2. The number of hydrogen-bond acceptors (Lipinski definition) is 13. The highest BCUT2D eigenvalue weighted by atomic mass is 16.7. The van der Waals surface area contributed by atoms with Crippen molar-refractivity contribution in [1.29, 1.82) is 0 Å². The largest absolute Gasteiger partial charge is 0.394 e. The van der Waals surface area contributed by atoms with Gasteiger partial charge in [-0.25, -0.2) is 0 Å². The van der Waals surface area contributed by atoms with E-state index in [9.17, 15) is 45.6 Å². The van der Waals surface area contributed by atoms with Gasteiger partial charge in [0.2, 0.25) is 5.91 Å². The number of hydrogen-bond donors (Lipinski definition) is 9. The minimum Gasteiger partial charge on any atom is -0.394 e. The smallest absolute Gasteiger partial charge is 0.220 e. The lowest BCUT2D eigenvalue weighted by Crippen LogP contribution is -2.65. The zero-order valence-corrected chi connectivity index (χ0v) is 47.0.